The molecule has 1 fully saturated rings. The van der Waals surface area contributed by atoms with Gasteiger partial charge in [0.05, 0.1) is 6.54 Å². The summed E-state index contributed by atoms with van der Waals surface area (Å²) < 4.78 is 25.8. The van der Waals surface area contributed by atoms with Crippen molar-refractivity contribution in [3.05, 3.63) is 0 Å². The van der Waals surface area contributed by atoms with Crippen molar-refractivity contribution in [2.45, 2.75) is 13.0 Å². The molecule has 1 aliphatic rings. The third-order valence-electron chi connectivity index (χ3n) is 2.17. The summed E-state index contributed by atoms with van der Waals surface area (Å²) in [5, 5.41) is 0. The van der Waals surface area contributed by atoms with Gasteiger partial charge in [0.15, 0.2) is 0 Å². The standard InChI is InChI=1S/C7H14F2N2/c1-3-11-5-4-10(2)7(8,9)6-11/h3-6H2,1-2H3. The molecule has 0 unspecified atom stereocenters. The van der Waals surface area contributed by atoms with Gasteiger partial charge >= 0.3 is 6.05 Å². The second-order valence-electron chi connectivity index (χ2n) is 2.96. The molecule has 1 aliphatic heterocycles. The summed E-state index contributed by atoms with van der Waals surface area (Å²) in [4.78, 5) is 2.87. The molecule has 0 atom stereocenters. The van der Waals surface area contributed by atoms with Crippen LogP contribution in [0.25, 0.3) is 0 Å². The average Bonchev–Trinajstić information content (AvgIpc) is 1.95. The van der Waals surface area contributed by atoms with Gasteiger partial charge in [-0.3, -0.25) is 4.90 Å². The van der Waals surface area contributed by atoms with Crippen LogP contribution in [0, 0.1) is 0 Å². The van der Waals surface area contributed by atoms with E-state index in [9.17, 15) is 8.78 Å². The quantitative estimate of drug-likeness (QED) is 0.530. The van der Waals surface area contributed by atoms with E-state index >= 15 is 0 Å². The molecule has 66 valence electrons. The fourth-order valence-corrected chi connectivity index (χ4v) is 1.19. The predicted octanol–water partition coefficient (Wildman–Crippen LogP) is 0.846. The summed E-state index contributed by atoms with van der Waals surface area (Å²) in [6.45, 7) is 3.70. The first-order valence-electron chi connectivity index (χ1n) is 3.87. The molecular formula is C7H14F2N2. The Morgan fingerprint density at radius 3 is 2.45 bits per heavy atom. The Kier molecular flexibility index (Phi) is 2.44. The maximum atomic E-state index is 12.9. The van der Waals surface area contributed by atoms with Crippen molar-refractivity contribution in [1.29, 1.82) is 0 Å². The lowest BCUT2D eigenvalue weighted by atomic mass is 10.3. The maximum absolute atomic E-state index is 12.9. The van der Waals surface area contributed by atoms with Gasteiger partial charge in [-0.1, -0.05) is 6.92 Å². The topological polar surface area (TPSA) is 6.48 Å². The van der Waals surface area contributed by atoms with E-state index in [0.29, 0.717) is 13.1 Å². The van der Waals surface area contributed by atoms with Gasteiger partial charge in [0, 0.05) is 13.1 Å². The first kappa shape index (κ1) is 8.87. The normalized spacial score (nSPS) is 27.3. The summed E-state index contributed by atoms with van der Waals surface area (Å²) in [7, 11) is 1.47. The second kappa shape index (κ2) is 3.03. The van der Waals surface area contributed by atoms with Crippen LogP contribution >= 0.6 is 0 Å². The highest BCUT2D eigenvalue weighted by atomic mass is 19.3. The minimum atomic E-state index is -2.63. The number of rotatable bonds is 1. The molecule has 0 aromatic rings. The zero-order chi connectivity index (χ0) is 8.48. The molecule has 0 saturated carbocycles. The van der Waals surface area contributed by atoms with Crippen molar-refractivity contribution < 1.29 is 8.78 Å². The summed E-state index contributed by atoms with van der Waals surface area (Å²) in [6, 6.07) is -2.63. The number of hydrogen-bond donors (Lipinski definition) is 0. The minimum absolute atomic E-state index is 0.125. The molecule has 0 aromatic heterocycles. The van der Waals surface area contributed by atoms with Crippen LogP contribution < -0.4 is 0 Å². The van der Waals surface area contributed by atoms with E-state index in [1.807, 2.05) is 6.92 Å². The van der Waals surface area contributed by atoms with E-state index in [0.717, 1.165) is 11.4 Å². The van der Waals surface area contributed by atoms with Crippen LogP contribution in [0.3, 0.4) is 0 Å². The molecule has 0 bridgehead atoms. The van der Waals surface area contributed by atoms with Gasteiger partial charge < -0.3 is 0 Å². The Hall–Kier alpha value is -0.220. The van der Waals surface area contributed by atoms with Gasteiger partial charge in [0.25, 0.3) is 0 Å². The summed E-state index contributed by atoms with van der Waals surface area (Å²) in [5.74, 6) is 0. The highest BCUT2D eigenvalue weighted by Gasteiger charge is 2.39. The molecular weight excluding hydrogens is 150 g/mol. The third kappa shape index (κ3) is 1.87. The first-order chi connectivity index (χ1) is 5.06. The van der Waals surface area contributed by atoms with Crippen LogP contribution in [0.2, 0.25) is 0 Å². The number of alkyl halides is 2. The average molecular weight is 164 g/mol. The van der Waals surface area contributed by atoms with Crippen LogP contribution in [0.1, 0.15) is 6.92 Å². The van der Waals surface area contributed by atoms with E-state index in [2.05, 4.69) is 0 Å². The smallest absolute Gasteiger partial charge is 0.295 e. The lowest BCUT2D eigenvalue weighted by Crippen LogP contribution is -2.55. The Balaban J connectivity index is 2.52. The molecule has 11 heavy (non-hydrogen) atoms. The van der Waals surface area contributed by atoms with Crippen LogP contribution in [0.4, 0.5) is 8.78 Å². The number of nitrogens with zero attached hydrogens (tertiary/aromatic N) is 2. The summed E-state index contributed by atoms with van der Waals surface area (Å²) >= 11 is 0. The molecule has 0 radical (unpaired) electrons. The molecule has 1 rings (SSSR count). The SMILES string of the molecule is CCN1CCN(C)C(F)(F)C1. The van der Waals surface area contributed by atoms with E-state index in [1.165, 1.54) is 7.05 Å². The highest BCUT2D eigenvalue weighted by Crippen LogP contribution is 2.22. The molecule has 0 spiro atoms. The minimum Gasteiger partial charge on any atom is -0.295 e. The van der Waals surface area contributed by atoms with Crippen LogP contribution in [0.15, 0.2) is 0 Å². The number of halogens is 2. The van der Waals surface area contributed by atoms with Crippen LogP contribution in [-0.2, 0) is 0 Å². The molecule has 2 nitrogen and oxygen atoms in total. The largest absolute Gasteiger partial charge is 0.317 e. The first-order valence-corrected chi connectivity index (χ1v) is 3.87. The number of hydrogen-bond acceptors (Lipinski definition) is 2. The Labute approximate surface area is 65.8 Å². The van der Waals surface area contributed by atoms with E-state index < -0.39 is 6.05 Å². The van der Waals surface area contributed by atoms with Gasteiger partial charge in [0.1, 0.15) is 0 Å². The third-order valence-corrected chi connectivity index (χ3v) is 2.17. The van der Waals surface area contributed by atoms with Crippen molar-refractivity contribution in [3.63, 3.8) is 0 Å². The fraction of sp³-hybridized carbons (Fsp3) is 1.00. The monoisotopic (exact) mass is 164 g/mol. The molecule has 0 aliphatic carbocycles. The van der Waals surface area contributed by atoms with E-state index in [1.54, 1.807) is 4.90 Å². The van der Waals surface area contributed by atoms with Crippen molar-refractivity contribution in [2.75, 3.05) is 33.2 Å². The van der Waals surface area contributed by atoms with Gasteiger partial charge in [-0.2, -0.15) is 8.78 Å². The Morgan fingerprint density at radius 1 is 1.36 bits per heavy atom. The molecule has 1 saturated heterocycles. The lowest BCUT2D eigenvalue weighted by molar-refractivity contribution is -0.172. The summed E-state index contributed by atoms with van der Waals surface area (Å²) in [6.07, 6.45) is 0. The molecule has 0 amide bonds. The van der Waals surface area contributed by atoms with Gasteiger partial charge in [-0.05, 0) is 13.6 Å². The van der Waals surface area contributed by atoms with Crippen molar-refractivity contribution in [2.24, 2.45) is 0 Å². The Bertz CT molecular complexity index is 138. The molecule has 0 N–H and O–H groups in total. The predicted molar refractivity (Wildman–Crippen MR) is 39.7 cm³/mol. The molecule has 1 heterocycles. The van der Waals surface area contributed by atoms with E-state index in [4.69, 9.17) is 0 Å². The van der Waals surface area contributed by atoms with Crippen LogP contribution in [0.5, 0.6) is 0 Å². The van der Waals surface area contributed by atoms with Crippen molar-refractivity contribution >= 4 is 0 Å². The van der Waals surface area contributed by atoms with Crippen molar-refractivity contribution in [1.82, 2.24) is 9.80 Å². The molecule has 0 aromatic carbocycles. The molecule has 4 heteroatoms. The number of likely N-dealkylation sites (N-methyl/N-ethyl adjacent to an activating group) is 2. The summed E-state index contributed by atoms with van der Waals surface area (Å²) in [5.41, 5.74) is 0. The van der Waals surface area contributed by atoms with Crippen LogP contribution in [-0.4, -0.2) is 49.1 Å². The zero-order valence-electron chi connectivity index (χ0n) is 6.98. The number of piperazine rings is 1. The lowest BCUT2D eigenvalue weighted by Gasteiger charge is -2.38. The van der Waals surface area contributed by atoms with E-state index in [-0.39, 0.29) is 6.54 Å². The fourth-order valence-electron chi connectivity index (χ4n) is 1.19. The van der Waals surface area contributed by atoms with Gasteiger partial charge in [-0.15, -0.1) is 0 Å². The second-order valence-corrected chi connectivity index (χ2v) is 2.96. The highest BCUT2D eigenvalue weighted by molar-refractivity contribution is 4.77. The van der Waals surface area contributed by atoms with Gasteiger partial charge in [-0.25, -0.2) is 4.90 Å². The zero-order valence-corrected chi connectivity index (χ0v) is 6.98. The van der Waals surface area contributed by atoms with Gasteiger partial charge in [0.2, 0.25) is 0 Å². The maximum Gasteiger partial charge on any atom is 0.317 e. The van der Waals surface area contributed by atoms with Crippen molar-refractivity contribution in [3.8, 4) is 0 Å². The Morgan fingerprint density at radius 2 is 2.00 bits per heavy atom.